The average Bonchev–Trinajstić information content (AvgIpc) is 2.75. The highest BCUT2D eigenvalue weighted by Gasteiger charge is 2.49. The molecule has 1 aliphatic heterocycles. The lowest BCUT2D eigenvalue weighted by atomic mass is 9.91. The summed E-state index contributed by atoms with van der Waals surface area (Å²) in [6.45, 7) is 6.41. The number of rotatable bonds is 5. The molecule has 17 heavy (non-hydrogen) atoms. The van der Waals surface area contributed by atoms with Gasteiger partial charge in [0.1, 0.15) is 5.54 Å². The van der Waals surface area contributed by atoms with Gasteiger partial charge in [-0.05, 0) is 32.1 Å². The van der Waals surface area contributed by atoms with E-state index in [9.17, 15) is 14.7 Å². The van der Waals surface area contributed by atoms with Crippen molar-refractivity contribution in [3.05, 3.63) is 0 Å². The Bertz CT molecular complexity index is 299. The van der Waals surface area contributed by atoms with Crippen molar-refractivity contribution < 1.29 is 14.7 Å². The standard InChI is InChI=1S/C13H23NO3/c1-4-10(5-2)11(15)14-9-7-8-13(14,6-3)12(16)17/h10H,4-9H2,1-3H3,(H,16,17). The van der Waals surface area contributed by atoms with Gasteiger partial charge in [-0.2, -0.15) is 0 Å². The molecule has 0 aliphatic carbocycles. The maximum absolute atomic E-state index is 12.3. The van der Waals surface area contributed by atoms with Crippen LogP contribution in [0.2, 0.25) is 0 Å². The third-order valence-corrected chi connectivity index (χ3v) is 4.07. The minimum atomic E-state index is -0.945. The molecule has 4 nitrogen and oxygen atoms in total. The number of carboxylic acid groups (broad SMARTS) is 1. The van der Waals surface area contributed by atoms with Crippen molar-refractivity contribution in [2.45, 2.75) is 58.4 Å². The Morgan fingerprint density at radius 3 is 2.29 bits per heavy atom. The van der Waals surface area contributed by atoms with Crippen LogP contribution in [0.5, 0.6) is 0 Å². The molecule has 0 bridgehead atoms. The molecule has 1 aliphatic rings. The molecule has 0 aromatic rings. The highest BCUT2D eigenvalue weighted by atomic mass is 16.4. The predicted octanol–water partition coefficient (Wildman–Crippen LogP) is 2.28. The molecular weight excluding hydrogens is 218 g/mol. The molecule has 0 spiro atoms. The number of hydrogen-bond donors (Lipinski definition) is 1. The van der Waals surface area contributed by atoms with Gasteiger partial charge in [-0.15, -0.1) is 0 Å². The van der Waals surface area contributed by atoms with Crippen LogP contribution in [0.15, 0.2) is 0 Å². The normalized spacial score (nSPS) is 24.4. The van der Waals surface area contributed by atoms with Crippen LogP contribution in [0, 0.1) is 5.92 Å². The van der Waals surface area contributed by atoms with Crippen LogP contribution in [0.3, 0.4) is 0 Å². The van der Waals surface area contributed by atoms with E-state index >= 15 is 0 Å². The predicted molar refractivity (Wildman–Crippen MR) is 65.7 cm³/mol. The topological polar surface area (TPSA) is 57.6 Å². The average molecular weight is 241 g/mol. The third kappa shape index (κ3) is 2.31. The first-order valence-corrected chi connectivity index (χ1v) is 6.58. The fraction of sp³-hybridized carbons (Fsp3) is 0.846. The molecule has 0 aromatic carbocycles. The van der Waals surface area contributed by atoms with Crippen LogP contribution < -0.4 is 0 Å². The van der Waals surface area contributed by atoms with Gasteiger partial charge in [0.2, 0.25) is 5.91 Å². The number of carbonyl (C=O) groups excluding carboxylic acids is 1. The largest absolute Gasteiger partial charge is 0.479 e. The quantitative estimate of drug-likeness (QED) is 0.803. The molecule has 1 saturated heterocycles. The third-order valence-electron chi connectivity index (χ3n) is 4.07. The number of carboxylic acids is 1. The van der Waals surface area contributed by atoms with Gasteiger partial charge in [0.15, 0.2) is 0 Å². The summed E-state index contributed by atoms with van der Waals surface area (Å²) >= 11 is 0. The maximum atomic E-state index is 12.3. The van der Waals surface area contributed by atoms with Crippen molar-refractivity contribution in [3.63, 3.8) is 0 Å². The summed E-state index contributed by atoms with van der Waals surface area (Å²) in [6, 6.07) is 0. The molecule has 1 rings (SSSR count). The molecular formula is C13H23NO3. The number of amides is 1. The minimum Gasteiger partial charge on any atom is -0.479 e. The summed E-state index contributed by atoms with van der Waals surface area (Å²) in [6.07, 6.45) is 3.45. The van der Waals surface area contributed by atoms with Gasteiger partial charge < -0.3 is 10.0 Å². The minimum absolute atomic E-state index is 0.0248. The Morgan fingerprint density at radius 1 is 1.29 bits per heavy atom. The maximum Gasteiger partial charge on any atom is 0.329 e. The van der Waals surface area contributed by atoms with Crippen molar-refractivity contribution in [1.29, 1.82) is 0 Å². The molecule has 1 atom stereocenters. The molecule has 1 unspecified atom stereocenters. The second-order valence-corrected chi connectivity index (χ2v) is 4.80. The van der Waals surface area contributed by atoms with E-state index in [0.29, 0.717) is 19.4 Å². The Hall–Kier alpha value is -1.06. The lowest BCUT2D eigenvalue weighted by Crippen LogP contribution is -2.54. The second-order valence-electron chi connectivity index (χ2n) is 4.80. The van der Waals surface area contributed by atoms with Crippen molar-refractivity contribution in [1.82, 2.24) is 4.90 Å². The first kappa shape index (κ1) is 14.0. The molecule has 1 N–H and O–H groups in total. The number of hydrogen-bond acceptors (Lipinski definition) is 2. The molecule has 1 fully saturated rings. The van der Waals surface area contributed by atoms with E-state index in [1.807, 2.05) is 20.8 Å². The van der Waals surface area contributed by atoms with Crippen LogP contribution in [0.1, 0.15) is 52.9 Å². The van der Waals surface area contributed by atoms with Gasteiger partial charge in [0.25, 0.3) is 0 Å². The monoisotopic (exact) mass is 241 g/mol. The smallest absolute Gasteiger partial charge is 0.329 e. The molecule has 1 amide bonds. The van der Waals surface area contributed by atoms with Crippen LogP contribution in [0.25, 0.3) is 0 Å². The van der Waals surface area contributed by atoms with E-state index in [-0.39, 0.29) is 11.8 Å². The highest BCUT2D eigenvalue weighted by Crippen LogP contribution is 2.34. The zero-order chi connectivity index (χ0) is 13.1. The van der Waals surface area contributed by atoms with E-state index in [1.165, 1.54) is 0 Å². The Morgan fingerprint density at radius 2 is 1.88 bits per heavy atom. The summed E-state index contributed by atoms with van der Waals surface area (Å²) in [5, 5.41) is 9.42. The molecule has 0 saturated carbocycles. The van der Waals surface area contributed by atoms with E-state index in [0.717, 1.165) is 19.3 Å². The molecule has 0 radical (unpaired) electrons. The number of carbonyl (C=O) groups is 2. The van der Waals surface area contributed by atoms with Crippen LogP contribution in [-0.2, 0) is 9.59 Å². The number of nitrogens with zero attached hydrogens (tertiary/aromatic N) is 1. The van der Waals surface area contributed by atoms with Gasteiger partial charge in [-0.25, -0.2) is 4.79 Å². The van der Waals surface area contributed by atoms with Gasteiger partial charge in [-0.1, -0.05) is 20.8 Å². The zero-order valence-electron chi connectivity index (χ0n) is 11.0. The zero-order valence-corrected chi connectivity index (χ0v) is 11.0. The summed E-state index contributed by atoms with van der Waals surface area (Å²) < 4.78 is 0. The molecule has 0 aromatic heterocycles. The van der Waals surface area contributed by atoms with Crippen molar-refractivity contribution in [2.75, 3.05) is 6.54 Å². The van der Waals surface area contributed by atoms with Crippen LogP contribution in [-0.4, -0.2) is 34.0 Å². The van der Waals surface area contributed by atoms with Gasteiger partial charge in [-0.3, -0.25) is 4.79 Å². The van der Waals surface area contributed by atoms with E-state index in [4.69, 9.17) is 0 Å². The molecule has 1 heterocycles. The highest BCUT2D eigenvalue weighted by molar-refractivity contribution is 5.88. The van der Waals surface area contributed by atoms with Crippen molar-refractivity contribution in [2.24, 2.45) is 5.92 Å². The summed E-state index contributed by atoms with van der Waals surface area (Å²) in [5.74, 6) is -0.855. The number of aliphatic carboxylic acids is 1. The Kier molecular flexibility index (Phi) is 4.54. The van der Waals surface area contributed by atoms with Crippen molar-refractivity contribution >= 4 is 11.9 Å². The summed E-state index contributed by atoms with van der Waals surface area (Å²) in [7, 11) is 0. The second kappa shape index (κ2) is 5.52. The Balaban J connectivity index is 2.95. The Labute approximate surface area is 103 Å². The van der Waals surface area contributed by atoms with Gasteiger partial charge >= 0.3 is 5.97 Å². The van der Waals surface area contributed by atoms with E-state index < -0.39 is 11.5 Å². The SMILES string of the molecule is CCC(CC)C(=O)N1CCCC1(CC)C(=O)O. The summed E-state index contributed by atoms with van der Waals surface area (Å²) in [5.41, 5.74) is -0.945. The molecule has 4 heteroatoms. The lowest BCUT2D eigenvalue weighted by molar-refractivity contribution is -0.158. The fourth-order valence-electron chi connectivity index (χ4n) is 2.80. The van der Waals surface area contributed by atoms with E-state index in [2.05, 4.69) is 0 Å². The molecule has 98 valence electrons. The number of likely N-dealkylation sites (tertiary alicyclic amines) is 1. The van der Waals surface area contributed by atoms with E-state index in [1.54, 1.807) is 4.90 Å². The first-order valence-electron chi connectivity index (χ1n) is 6.58. The van der Waals surface area contributed by atoms with Crippen molar-refractivity contribution in [3.8, 4) is 0 Å². The van der Waals surface area contributed by atoms with Crippen LogP contribution >= 0.6 is 0 Å². The van der Waals surface area contributed by atoms with Crippen LogP contribution in [0.4, 0.5) is 0 Å². The van der Waals surface area contributed by atoms with Gasteiger partial charge in [0, 0.05) is 12.5 Å². The lowest BCUT2D eigenvalue weighted by Gasteiger charge is -2.35. The first-order chi connectivity index (χ1) is 8.03. The summed E-state index contributed by atoms with van der Waals surface area (Å²) in [4.78, 5) is 25.4. The fourth-order valence-corrected chi connectivity index (χ4v) is 2.80. The van der Waals surface area contributed by atoms with Gasteiger partial charge in [0.05, 0.1) is 0 Å².